The van der Waals surface area contributed by atoms with E-state index in [1.54, 1.807) is 23.5 Å². The topological polar surface area (TPSA) is 55.9 Å². The number of carbonyl (C=O) groups is 2. The summed E-state index contributed by atoms with van der Waals surface area (Å²) >= 11 is 1.76. The number of hydrogen-bond donors (Lipinski definition) is 1. The Balaban J connectivity index is 1.17. The number of thiophene rings is 1. The smallest absolute Gasteiger partial charge is 0.317 e. The van der Waals surface area contributed by atoms with E-state index in [1.807, 2.05) is 22.8 Å². The van der Waals surface area contributed by atoms with Crippen molar-refractivity contribution in [3.63, 3.8) is 0 Å². The number of nitrogens with one attached hydrogen (secondary N) is 1. The van der Waals surface area contributed by atoms with E-state index in [0.29, 0.717) is 32.6 Å². The number of urea groups is 1. The third kappa shape index (κ3) is 5.59. The monoisotopic (exact) mass is 512 g/mol. The zero-order valence-electron chi connectivity index (χ0n) is 21.1. The van der Waals surface area contributed by atoms with Crippen LogP contribution in [-0.2, 0) is 11.2 Å². The lowest BCUT2D eigenvalue weighted by Crippen LogP contribution is -2.59. The minimum absolute atomic E-state index is 0.00492. The van der Waals surface area contributed by atoms with Gasteiger partial charge in [0.15, 0.2) is 0 Å². The molecular weight excluding hydrogens is 475 g/mol. The molecule has 1 saturated heterocycles. The van der Waals surface area contributed by atoms with Gasteiger partial charge in [-0.2, -0.15) is 0 Å². The second-order valence-electron chi connectivity index (χ2n) is 10.5. The van der Waals surface area contributed by atoms with Gasteiger partial charge in [0.25, 0.3) is 0 Å². The van der Waals surface area contributed by atoms with Gasteiger partial charge in [-0.05, 0) is 60.9 Å². The highest BCUT2D eigenvalue weighted by atomic mass is 32.1. The van der Waals surface area contributed by atoms with Crippen LogP contribution in [0.5, 0.6) is 0 Å². The van der Waals surface area contributed by atoms with Crippen LogP contribution in [0.15, 0.2) is 35.7 Å². The van der Waals surface area contributed by atoms with Crippen molar-refractivity contribution in [2.75, 3.05) is 32.7 Å². The maximum Gasteiger partial charge on any atom is 0.317 e. The third-order valence-corrected chi connectivity index (χ3v) is 9.01. The second kappa shape index (κ2) is 11.3. The Morgan fingerprint density at radius 2 is 1.94 bits per heavy atom. The molecule has 1 aromatic heterocycles. The van der Waals surface area contributed by atoms with Crippen molar-refractivity contribution in [2.24, 2.45) is 0 Å². The predicted octanol–water partition coefficient (Wildman–Crippen LogP) is 4.80. The summed E-state index contributed by atoms with van der Waals surface area (Å²) in [5, 5.41) is 5.32. The number of benzene rings is 1. The number of amides is 3. The Kier molecular flexibility index (Phi) is 7.91. The summed E-state index contributed by atoms with van der Waals surface area (Å²) in [6.07, 6.45) is 7.15. The molecule has 36 heavy (non-hydrogen) atoms. The molecule has 3 amide bonds. The number of halogens is 1. The van der Waals surface area contributed by atoms with Crippen LogP contribution in [0.3, 0.4) is 0 Å². The average Bonchev–Trinajstić information content (AvgIpc) is 3.36. The van der Waals surface area contributed by atoms with E-state index in [2.05, 4.69) is 21.7 Å². The Morgan fingerprint density at radius 3 is 2.72 bits per heavy atom. The molecule has 1 saturated carbocycles. The van der Waals surface area contributed by atoms with Gasteiger partial charge >= 0.3 is 6.03 Å². The standard InChI is InChI=1S/C28H37FN4O2S/c1-20-19-32(15-16-33(20)28(35)30-23-8-3-2-4-9-23)26(34)11-14-31-13-10-25-24(12-17-36-25)27(31)21-6-5-7-22(29)18-21/h5-7,12,17-18,20,23,27H,2-4,8-11,13-16,19H2,1H3,(H,30,35)/t20-,27-/m0/s1. The fraction of sp³-hybridized carbons (Fsp3) is 0.571. The molecule has 3 aliphatic rings. The van der Waals surface area contributed by atoms with E-state index in [4.69, 9.17) is 0 Å². The van der Waals surface area contributed by atoms with Crippen LogP contribution in [0.1, 0.15) is 67.5 Å². The van der Waals surface area contributed by atoms with Crippen molar-refractivity contribution >= 4 is 23.3 Å². The number of nitrogens with zero attached hydrogens (tertiary/aromatic N) is 3. The molecule has 2 aromatic rings. The number of carbonyl (C=O) groups excluding carboxylic acids is 2. The normalized spacial score (nSPS) is 23.4. The lowest BCUT2D eigenvalue weighted by molar-refractivity contribution is -0.134. The SMILES string of the molecule is C[C@H]1CN(C(=O)CCN2CCc3sccc3[C@@H]2c2cccc(F)c2)CCN1C(=O)NC1CCCCC1. The number of fused-ring (bicyclic) bond motifs is 1. The fourth-order valence-corrected chi connectivity index (χ4v) is 6.97. The quantitative estimate of drug-likeness (QED) is 0.626. The van der Waals surface area contributed by atoms with Gasteiger partial charge in [0.1, 0.15) is 5.82 Å². The van der Waals surface area contributed by atoms with Crippen molar-refractivity contribution in [1.82, 2.24) is 20.0 Å². The van der Waals surface area contributed by atoms with Crippen molar-refractivity contribution < 1.29 is 14.0 Å². The summed E-state index contributed by atoms with van der Waals surface area (Å²) in [5.74, 6) is -0.103. The van der Waals surface area contributed by atoms with E-state index in [-0.39, 0.29) is 35.9 Å². The first-order chi connectivity index (χ1) is 17.5. The summed E-state index contributed by atoms with van der Waals surface area (Å²) in [6, 6.07) is 9.25. The zero-order chi connectivity index (χ0) is 25.1. The van der Waals surface area contributed by atoms with E-state index in [1.165, 1.54) is 35.8 Å². The molecule has 2 aliphatic heterocycles. The second-order valence-corrected chi connectivity index (χ2v) is 11.5. The molecule has 1 aliphatic carbocycles. The third-order valence-electron chi connectivity index (χ3n) is 8.02. The van der Waals surface area contributed by atoms with E-state index < -0.39 is 0 Å². The molecule has 0 radical (unpaired) electrons. The van der Waals surface area contributed by atoms with Crippen LogP contribution in [0.2, 0.25) is 0 Å². The fourth-order valence-electron chi connectivity index (χ4n) is 6.06. The van der Waals surface area contributed by atoms with Gasteiger partial charge in [0.05, 0.1) is 6.04 Å². The van der Waals surface area contributed by atoms with Crippen molar-refractivity contribution in [3.8, 4) is 0 Å². The molecule has 1 aromatic carbocycles. The lowest BCUT2D eigenvalue weighted by atomic mass is 9.93. The minimum atomic E-state index is -0.231. The van der Waals surface area contributed by atoms with Gasteiger partial charge in [0, 0.05) is 56.1 Å². The molecular formula is C28H37FN4O2S. The van der Waals surface area contributed by atoms with Crippen LogP contribution < -0.4 is 5.32 Å². The van der Waals surface area contributed by atoms with E-state index in [9.17, 15) is 14.0 Å². The van der Waals surface area contributed by atoms with Crippen molar-refractivity contribution in [2.45, 2.75) is 70.0 Å². The molecule has 2 fully saturated rings. The van der Waals surface area contributed by atoms with Gasteiger partial charge in [-0.1, -0.05) is 31.4 Å². The largest absolute Gasteiger partial charge is 0.339 e. The Hall–Kier alpha value is -2.45. The summed E-state index contributed by atoms with van der Waals surface area (Å²) < 4.78 is 14.1. The first-order valence-corrected chi connectivity index (χ1v) is 14.3. The minimum Gasteiger partial charge on any atom is -0.339 e. The molecule has 0 spiro atoms. The Morgan fingerprint density at radius 1 is 1.11 bits per heavy atom. The molecule has 5 rings (SSSR count). The van der Waals surface area contributed by atoms with E-state index >= 15 is 0 Å². The number of hydrogen-bond acceptors (Lipinski definition) is 4. The first-order valence-electron chi connectivity index (χ1n) is 13.4. The van der Waals surface area contributed by atoms with Gasteiger partial charge in [-0.3, -0.25) is 9.69 Å². The van der Waals surface area contributed by atoms with Crippen LogP contribution in [0, 0.1) is 5.82 Å². The highest BCUT2D eigenvalue weighted by Gasteiger charge is 2.33. The number of piperazine rings is 1. The molecule has 0 bridgehead atoms. The molecule has 1 N–H and O–H groups in total. The molecule has 194 valence electrons. The van der Waals surface area contributed by atoms with Gasteiger partial charge in [0.2, 0.25) is 5.91 Å². The maximum absolute atomic E-state index is 14.1. The summed E-state index contributed by atoms with van der Waals surface area (Å²) in [5.41, 5.74) is 2.17. The van der Waals surface area contributed by atoms with Crippen molar-refractivity contribution in [3.05, 3.63) is 57.5 Å². The van der Waals surface area contributed by atoms with Crippen molar-refractivity contribution in [1.29, 1.82) is 0 Å². The summed E-state index contributed by atoms with van der Waals surface area (Å²) in [6.45, 7) is 5.23. The molecule has 6 nitrogen and oxygen atoms in total. The predicted molar refractivity (Wildman–Crippen MR) is 141 cm³/mol. The highest BCUT2D eigenvalue weighted by molar-refractivity contribution is 7.10. The van der Waals surface area contributed by atoms with E-state index in [0.717, 1.165) is 31.4 Å². The van der Waals surface area contributed by atoms with Gasteiger partial charge < -0.3 is 15.1 Å². The Labute approximate surface area is 217 Å². The molecule has 8 heteroatoms. The highest BCUT2D eigenvalue weighted by Crippen LogP contribution is 2.38. The van der Waals surface area contributed by atoms with Gasteiger partial charge in [-0.15, -0.1) is 11.3 Å². The lowest BCUT2D eigenvalue weighted by Gasteiger charge is -2.41. The van der Waals surface area contributed by atoms with Crippen LogP contribution in [0.25, 0.3) is 0 Å². The summed E-state index contributed by atoms with van der Waals surface area (Å²) in [4.78, 5) is 33.5. The molecule has 0 unspecified atom stereocenters. The van der Waals surface area contributed by atoms with Crippen LogP contribution >= 0.6 is 11.3 Å². The first kappa shape index (κ1) is 25.2. The summed E-state index contributed by atoms with van der Waals surface area (Å²) in [7, 11) is 0. The van der Waals surface area contributed by atoms with Crippen LogP contribution in [-0.4, -0.2) is 71.4 Å². The maximum atomic E-state index is 14.1. The molecule has 3 heterocycles. The van der Waals surface area contributed by atoms with Crippen LogP contribution in [0.4, 0.5) is 9.18 Å². The average molecular weight is 513 g/mol. The molecule has 2 atom stereocenters. The number of rotatable bonds is 5. The Bertz CT molecular complexity index is 1070. The zero-order valence-corrected chi connectivity index (χ0v) is 21.9. The van der Waals surface area contributed by atoms with Gasteiger partial charge in [-0.25, -0.2) is 9.18 Å².